The minimum absolute atomic E-state index is 0.200. The molecule has 0 saturated carbocycles. The zero-order valence-corrected chi connectivity index (χ0v) is 10.3. The highest BCUT2D eigenvalue weighted by atomic mass is 80.0. The van der Waals surface area contributed by atoms with Crippen molar-refractivity contribution in [2.45, 2.75) is 13.4 Å². The molecule has 0 aromatic heterocycles. The third-order valence-electron chi connectivity index (χ3n) is 0.609. The van der Waals surface area contributed by atoms with E-state index in [1.807, 2.05) is 0 Å². The zero-order valence-electron chi connectivity index (χ0n) is 4.00. The Morgan fingerprint density at radius 1 is 1.38 bits per heavy atom. The van der Waals surface area contributed by atoms with Gasteiger partial charge in [0.2, 0.25) is 0 Å². The van der Waals surface area contributed by atoms with E-state index >= 15 is 0 Å². The molecule has 0 spiro atoms. The van der Waals surface area contributed by atoms with E-state index in [9.17, 15) is 0 Å². The maximum absolute atomic E-state index is 3.72. The molecule has 0 aliphatic carbocycles. The van der Waals surface area contributed by atoms with Crippen LogP contribution in [0.1, 0.15) is 6.42 Å². The fraction of sp³-hybridized carbons (Fsp3) is 0.750. The molecule has 1 atom stereocenters. The largest absolute Gasteiger partial charge is 0.147 e. The van der Waals surface area contributed by atoms with Gasteiger partial charge >= 0.3 is 0 Å². The highest BCUT2D eigenvalue weighted by Crippen LogP contribution is 2.41. The van der Waals surface area contributed by atoms with E-state index in [2.05, 4.69) is 70.6 Å². The lowest BCUT2D eigenvalue weighted by molar-refractivity contribution is 0.970. The molecule has 0 nitrogen and oxygen atoms in total. The van der Waals surface area contributed by atoms with E-state index < -0.39 is 0 Å². The van der Waals surface area contributed by atoms with Gasteiger partial charge in [0.05, 0.1) is 0 Å². The standard InChI is InChI=1S/C4H5Br4/c1-2-3(5)4(6,7)8/h3H,1-2H2. The summed E-state index contributed by atoms with van der Waals surface area (Å²) in [6.07, 6.45) is 0.821. The predicted molar refractivity (Wildman–Crippen MR) is 52.2 cm³/mol. The Kier molecular flexibility index (Phi) is 4.88. The zero-order chi connectivity index (χ0) is 6.78. The highest BCUT2D eigenvalue weighted by Gasteiger charge is 2.26. The minimum Gasteiger partial charge on any atom is -0.0857 e. The van der Waals surface area contributed by atoms with Gasteiger partial charge in [0.1, 0.15) is 2.14 Å². The molecule has 4 heteroatoms. The van der Waals surface area contributed by atoms with Gasteiger partial charge in [-0.15, -0.1) is 0 Å². The van der Waals surface area contributed by atoms with Crippen LogP contribution in [0.2, 0.25) is 0 Å². The van der Waals surface area contributed by atoms with Crippen LogP contribution in [0.4, 0.5) is 0 Å². The van der Waals surface area contributed by atoms with Crippen LogP contribution in [0, 0.1) is 6.92 Å². The van der Waals surface area contributed by atoms with E-state index in [-0.39, 0.29) is 2.14 Å². The molecule has 0 aliphatic heterocycles. The van der Waals surface area contributed by atoms with Gasteiger partial charge < -0.3 is 0 Å². The van der Waals surface area contributed by atoms with E-state index in [1.165, 1.54) is 0 Å². The Balaban J connectivity index is 3.62. The van der Waals surface area contributed by atoms with Gasteiger partial charge in [0.15, 0.2) is 0 Å². The summed E-state index contributed by atoms with van der Waals surface area (Å²) in [6.45, 7) is 3.72. The lowest BCUT2D eigenvalue weighted by Crippen LogP contribution is -2.15. The third kappa shape index (κ3) is 3.85. The summed E-state index contributed by atoms with van der Waals surface area (Å²) in [5, 5.41) is 0. The van der Waals surface area contributed by atoms with Gasteiger partial charge in [-0.05, 0) is 6.42 Å². The lowest BCUT2D eigenvalue weighted by atomic mass is 10.4. The first-order valence-electron chi connectivity index (χ1n) is 1.98. The quantitative estimate of drug-likeness (QED) is 0.614. The van der Waals surface area contributed by atoms with E-state index in [4.69, 9.17) is 0 Å². The summed E-state index contributed by atoms with van der Waals surface area (Å²) in [4.78, 5) is 0.301. The second-order valence-electron chi connectivity index (χ2n) is 1.30. The molecule has 8 heavy (non-hydrogen) atoms. The van der Waals surface area contributed by atoms with Gasteiger partial charge in [-0.1, -0.05) is 70.6 Å². The van der Waals surface area contributed by atoms with E-state index in [0.29, 0.717) is 4.83 Å². The van der Waals surface area contributed by atoms with Gasteiger partial charge in [-0.3, -0.25) is 0 Å². The molecule has 1 radical (unpaired) electrons. The van der Waals surface area contributed by atoms with Crippen LogP contribution in [0.25, 0.3) is 0 Å². The monoisotopic (exact) mass is 369 g/mol. The summed E-state index contributed by atoms with van der Waals surface area (Å²) < 4.78 is -0.200. The van der Waals surface area contributed by atoms with Crippen LogP contribution >= 0.6 is 63.7 Å². The molecule has 0 rings (SSSR count). The molecule has 0 amide bonds. The van der Waals surface area contributed by atoms with Crippen molar-refractivity contribution in [2.24, 2.45) is 0 Å². The molecule has 49 valence electrons. The second kappa shape index (κ2) is 3.94. The number of hydrogen-bond donors (Lipinski definition) is 0. The second-order valence-corrected chi connectivity index (χ2v) is 9.35. The number of alkyl halides is 4. The molecule has 0 saturated heterocycles. The van der Waals surface area contributed by atoms with E-state index in [0.717, 1.165) is 6.42 Å². The fourth-order valence-corrected chi connectivity index (χ4v) is 0.850. The maximum atomic E-state index is 3.72. The van der Waals surface area contributed by atoms with Gasteiger partial charge in [0, 0.05) is 4.83 Å². The van der Waals surface area contributed by atoms with Crippen molar-refractivity contribution in [3.63, 3.8) is 0 Å². The molecular formula is C4H5Br4. The maximum Gasteiger partial charge on any atom is 0.147 e. The van der Waals surface area contributed by atoms with Crippen molar-refractivity contribution in [3.8, 4) is 0 Å². The van der Waals surface area contributed by atoms with Crippen molar-refractivity contribution < 1.29 is 0 Å². The first-order valence-corrected chi connectivity index (χ1v) is 5.28. The summed E-state index contributed by atoms with van der Waals surface area (Å²) in [5.74, 6) is 0. The first-order chi connectivity index (χ1) is 3.48. The Labute approximate surface area is 83.3 Å². The Morgan fingerprint density at radius 3 is 1.75 bits per heavy atom. The average Bonchev–Trinajstić information content (AvgIpc) is 1.62. The van der Waals surface area contributed by atoms with Gasteiger partial charge in [0.25, 0.3) is 0 Å². The van der Waals surface area contributed by atoms with Crippen LogP contribution in [0.15, 0.2) is 0 Å². The lowest BCUT2D eigenvalue weighted by Gasteiger charge is -2.16. The predicted octanol–water partition coefficient (Wildman–Crippen LogP) is 3.81. The van der Waals surface area contributed by atoms with Crippen LogP contribution in [-0.4, -0.2) is 6.97 Å². The topological polar surface area (TPSA) is 0 Å². The molecular weight excluding hydrogens is 368 g/mol. The van der Waals surface area contributed by atoms with E-state index in [1.54, 1.807) is 0 Å². The van der Waals surface area contributed by atoms with Crippen LogP contribution in [0.5, 0.6) is 0 Å². The summed E-state index contributed by atoms with van der Waals surface area (Å²) in [7, 11) is 0. The molecule has 0 aromatic carbocycles. The fourth-order valence-electron chi connectivity index (χ4n) is 0.164. The third-order valence-corrected chi connectivity index (χ3v) is 5.25. The SMILES string of the molecule is [CH2]CC(Br)C(Br)(Br)Br. The van der Waals surface area contributed by atoms with Crippen molar-refractivity contribution in [2.75, 3.05) is 0 Å². The Morgan fingerprint density at radius 2 is 1.75 bits per heavy atom. The molecule has 1 unspecified atom stereocenters. The average molecular weight is 373 g/mol. The Hall–Kier alpha value is 1.92. The van der Waals surface area contributed by atoms with Crippen molar-refractivity contribution >= 4 is 63.7 Å². The molecule has 0 aliphatic rings. The summed E-state index contributed by atoms with van der Waals surface area (Å²) in [5.41, 5.74) is 0. The summed E-state index contributed by atoms with van der Waals surface area (Å²) >= 11 is 13.4. The van der Waals surface area contributed by atoms with Crippen LogP contribution in [0.3, 0.4) is 0 Å². The molecule has 0 N–H and O–H groups in total. The van der Waals surface area contributed by atoms with Crippen molar-refractivity contribution in [1.82, 2.24) is 0 Å². The van der Waals surface area contributed by atoms with Crippen molar-refractivity contribution in [1.29, 1.82) is 0 Å². The minimum atomic E-state index is -0.200. The molecule has 0 aromatic rings. The Bertz CT molecular complexity index is 64.9. The van der Waals surface area contributed by atoms with Gasteiger partial charge in [-0.25, -0.2) is 0 Å². The summed E-state index contributed by atoms with van der Waals surface area (Å²) in [6, 6.07) is 0. The molecule has 0 bridgehead atoms. The van der Waals surface area contributed by atoms with Crippen molar-refractivity contribution in [3.05, 3.63) is 6.92 Å². The van der Waals surface area contributed by atoms with Crippen LogP contribution in [-0.2, 0) is 0 Å². The van der Waals surface area contributed by atoms with Gasteiger partial charge in [-0.2, -0.15) is 0 Å². The first kappa shape index (κ1) is 9.92. The molecule has 0 heterocycles. The number of rotatable bonds is 1. The smallest absolute Gasteiger partial charge is 0.0857 e. The highest BCUT2D eigenvalue weighted by molar-refractivity contribution is 9.40. The number of halogens is 4. The van der Waals surface area contributed by atoms with Crippen LogP contribution < -0.4 is 0 Å². The normalized spacial score (nSPS) is 16.1. The number of hydrogen-bond acceptors (Lipinski definition) is 0. The molecule has 0 fully saturated rings.